The Morgan fingerprint density at radius 2 is 2.00 bits per heavy atom. The fourth-order valence-corrected chi connectivity index (χ4v) is 1.73. The zero-order valence-electron chi connectivity index (χ0n) is 9.44. The van der Waals surface area contributed by atoms with E-state index in [4.69, 9.17) is 23.3 Å². The minimum atomic E-state index is 0.494. The third-order valence-corrected chi connectivity index (χ3v) is 2.65. The number of hydrogen-bond acceptors (Lipinski definition) is 2. The number of terminal acetylenes is 1. The molecule has 3 heteroatoms. The van der Waals surface area contributed by atoms with E-state index >= 15 is 0 Å². The number of nitriles is 1. The molecule has 0 fully saturated rings. The Morgan fingerprint density at radius 1 is 1.17 bits per heavy atom. The van der Waals surface area contributed by atoms with Gasteiger partial charge in [-0.1, -0.05) is 23.6 Å². The molecule has 0 aliphatic heterocycles. The Morgan fingerprint density at radius 3 is 2.72 bits per heavy atom. The second-order valence-corrected chi connectivity index (χ2v) is 4.09. The molecule has 0 saturated carbocycles. The van der Waals surface area contributed by atoms with Crippen LogP contribution in [0.4, 0.5) is 11.4 Å². The fraction of sp³-hybridized carbons (Fsp3) is 0. The zero-order valence-corrected chi connectivity index (χ0v) is 10.2. The number of anilines is 2. The average Bonchev–Trinajstić information content (AvgIpc) is 2.41. The highest BCUT2D eigenvalue weighted by molar-refractivity contribution is 6.30. The van der Waals surface area contributed by atoms with Gasteiger partial charge in [-0.25, -0.2) is 0 Å². The standard InChI is InChI=1S/C15H9ClN2/c1-2-11-4-3-5-14(8-11)18-15-7-6-13(16)9-12(15)10-17/h1,3-9,18H. The molecule has 0 unspecified atom stereocenters. The first-order valence-corrected chi connectivity index (χ1v) is 5.64. The van der Waals surface area contributed by atoms with Crippen LogP contribution in [0.2, 0.25) is 5.02 Å². The SMILES string of the molecule is C#Cc1cccc(Nc2ccc(Cl)cc2C#N)c1. The molecule has 0 spiro atoms. The van der Waals surface area contributed by atoms with E-state index in [0.29, 0.717) is 16.3 Å². The molecule has 0 radical (unpaired) electrons. The van der Waals surface area contributed by atoms with E-state index < -0.39 is 0 Å². The third-order valence-electron chi connectivity index (χ3n) is 2.41. The average molecular weight is 253 g/mol. The maximum absolute atomic E-state index is 9.04. The minimum Gasteiger partial charge on any atom is -0.354 e. The molecule has 0 saturated heterocycles. The van der Waals surface area contributed by atoms with E-state index in [0.717, 1.165) is 11.3 Å². The Labute approximate surface area is 111 Å². The lowest BCUT2D eigenvalue weighted by atomic mass is 10.1. The van der Waals surface area contributed by atoms with Crippen LogP contribution in [0.5, 0.6) is 0 Å². The van der Waals surface area contributed by atoms with Crippen molar-refractivity contribution in [2.75, 3.05) is 5.32 Å². The zero-order chi connectivity index (χ0) is 13.0. The molecule has 2 rings (SSSR count). The van der Waals surface area contributed by atoms with Gasteiger partial charge < -0.3 is 5.32 Å². The molecule has 1 N–H and O–H groups in total. The van der Waals surface area contributed by atoms with Crippen LogP contribution in [-0.2, 0) is 0 Å². The predicted molar refractivity (Wildman–Crippen MR) is 73.8 cm³/mol. The van der Waals surface area contributed by atoms with Crippen molar-refractivity contribution in [1.29, 1.82) is 5.26 Å². The van der Waals surface area contributed by atoms with Crippen molar-refractivity contribution in [3.63, 3.8) is 0 Å². The van der Waals surface area contributed by atoms with Gasteiger partial charge in [0.05, 0.1) is 11.3 Å². The first-order chi connectivity index (χ1) is 8.72. The van der Waals surface area contributed by atoms with Gasteiger partial charge in [-0.2, -0.15) is 5.26 Å². The van der Waals surface area contributed by atoms with E-state index in [-0.39, 0.29) is 0 Å². The summed E-state index contributed by atoms with van der Waals surface area (Å²) in [5, 5.41) is 12.7. The number of nitrogens with one attached hydrogen (secondary N) is 1. The summed E-state index contributed by atoms with van der Waals surface area (Å²) >= 11 is 5.84. The van der Waals surface area contributed by atoms with Gasteiger partial charge in [-0.3, -0.25) is 0 Å². The summed E-state index contributed by atoms with van der Waals surface area (Å²) in [7, 11) is 0. The number of benzene rings is 2. The minimum absolute atomic E-state index is 0.494. The molecule has 0 aromatic heterocycles. The number of nitrogens with zero attached hydrogens (tertiary/aromatic N) is 1. The molecule has 0 bridgehead atoms. The van der Waals surface area contributed by atoms with Crippen molar-refractivity contribution in [2.24, 2.45) is 0 Å². The first-order valence-electron chi connectivity index (χ1n) is 5.26. The van der Waals surface area contributed by atoms with Crippen molar-refractivity contribution >= 4 is 23.0 Å². The number of hydrogen-bond donors (Lipinski definition) is 1. The lowest BCUT2D eigenvalue weighted by Gasteiger charge is -2.08. The summed E-state index contributed by atoms with van der Waals surface area (Å²) in [4.78, 5) is 0. The Hall–Kier alpha value is -2.42. The molecule has 2 aromatic rings. The molecular weight excluding hydrogens is 244 g/mol. The van der Waals surface area contributed by atoms with Crippen LogP contribution in [0.3, 0.4) is 0 Å². The predicted octanol–water partition coefficient (Wildman–Crippen LogP) is 3.94. The van der Waals surface area contributed by atoms with Crippen molar-refractivity contribution in [3.8, 4) is 18.4 Å². The largest absolute Gasteiger partial charge is 0.354 e. The molecule has 0 atom stereocenters. The lowest BCUT2D eigenvalue weighted by Crippen LogP contribution is -1.93. The second-order valence-electron chi connectivity index (χ2n) is 3.65. The van der Waals surface area contributed by atoms with Gasteiger partial charge in [0, 0.05) is 16.3 Å². The highest BCUT2D eigenvalue weighted by Crippen LogP contribution is 2.24. The number of rotatable bonds is 2. The Kier molecular flexibility index (Phi) is 3.53. The molecule has 0 aliphatic rings. The molecule has 0 heterocycles. The molecule has 86 valence electrons. The lowest BCUT2D eigenvalue weighted by molar-refractivity contribution is 1.46. The van der Waals surface area contributed by atoms with E-state index in [1.807, 2.05) is 24.3 Å². The van der Waals surface area contributed by atoms with E-state index in [2.05, 4.69) is 17.3 Å². The Bertz CT molecular complexity index is 663. The van der Waals surface area contributed by atoms with Crippen LogP contribution in [-0.4, -0.2) is 0 Å². The fourth-order valence-electron chi connectivity index (χ4n) is 1.56. The van der Waals surface area contributed by atoms with Gasteiger partial charge in [0.1, 0.15) is 6.07 Å². The van der Waals surface area contributed by atoms with Crippen LogP contribution in [0, 0.1) is 23.7 Å². The smallest absolute Gasteiger partial charge is 0.101 e. The van der Waals surface area contributed by atoms with E-state index in [1.165, 1.54) is 0 Å². The second kappa shape index (κ2) is 5.27. The van der Waals surface area contributed by atoms with Crippen LogP contribution >= 0.6 is 11.6 Å². The Balaban J connectivity index is 2.35. The quantitative estimate of drug-likeness (QED) is 0.822. The number of halogens is 1. The molecule has 2 nitrogen and oxygen atoms in total. The summed E-state index contributed by atoms with van der Waals surface area (Å²) in [6, 6.07) is 14.7. The molecular formula is C15H9ClN2. The van der Waals surface area contributed by atoms with Crippen LogP contribution in [0.25, 0.3) is 0 Å². The summed E-state index contributed by atoms with van der Waals surface area (Å²) < 4.78 is 0. The normalized spacial score (nSPS) is 9.28. The van der Waals surface area contributed by atoms with E-state index in [9.17, 15) is 0 Å². The van der Waals surface area contributed by atoms with Crippen LogP contribution < -0.4 is 5.32 Å². The maximum atomic E-state index is 9.04. The third kappa shape index (κ3) is 2.63. The van der Waals surface area contributed by atoms with Crippen LogP contribution in [0.1, 0.15) is 11.1 Å². The van der Waals surface area contributed by atoms with Crippen molar-refractivity contribution < 1.29 is 0 Å². The van der Waals surface area contributed by atoms with Gasteiger partial charge in [-0.15, -0.1) is 6.42 Å². The van der Waals surface area contributed by atoms with Gasteiger partial charge in [0.15, 0.2) is 0 Å². The summed E-state index contributed by atoms with van der Waals surface area (Å²) in [6.07, 6.45) is 5.34. The molecule has 2 aromatic carbocycles. The topological polar surface area (TPSA) is 35.8 Å². The van der Waals surface area contributed by atoms with Crippen molar-refractivity contribution in [3.05, 3.63) is 58.6 Å². The molecule has 0 aliphatic carbocycles. The van der Waals surface area contributed by atoms with Gasteiger partial charge in [0.25, 0.3) is 0 Å². The van der Waals surface area contributed by atoms with Crippen molar-refractivity contribution in [1.82, 2.24) is 0 Å². The maximum Gasteiger partial charge on any atom is 0.101 e. The molecule has 18 heavy (non-hydrogen) atoms. The van der Waals surface area contributed by atoms with Crippen LogP contribution in [0.15, 0.2) is 42.5 Å². The van der Waals surface area contributed by atoms with Gasteiger partial charge in [-0.05, 0) is 36.4 Å². The van der Waals surface area contributed by atoms with E-state index in [1.54, 1.807) is 18.2 Å². The highest BCUT2D eigenvalue weighted by Gasteiger charge is 2.03. The van der Waals surface area contributed by atoms with Gasteiger partial charge >= 0.3 is 0 Å². The molecule has 0 amide bonds. The monoisotopic (exact) mass is 252 g/mol. The highest BCUT2D eigenvalue weighted by atomic mass is 35.5. The van der Waals surface area contributed by atoms with Crippen molar-refractivity contribution in [2.45, 2.75) is 0 Å². The summed E-state index contributed by atoms with van der Waals surface area (Å²) in [6.45, 7) is 0. The summed E-state index contributed by atoms with van der Waals surface area (Å²) in [5.41, 5.74) is 2.82. The first kappa shape index (κ1) is 12.0. The van der Waals surface area contributed by atoms with Gasteiger partial charge in [0.2, 0.25) is 0 Å². The summed E-state index contributed by atoms with van der Waals surface area (Å²) in [5.74, 6) is 2.56.